The van der Waals surface area contributed by atoms with Gasteiger partial charge in [-0.2, -0.15) is 0 Å². The Balaban J connectivity index is -0.000000160. The van der Waals surface area contributed by atoms with E-state index >= 15 is 0 Å². The fourth-order valence-electron chi connectivity index (χ4n) is 0.296. The first-order chi connectivity index (χ1) is 6.77. The molecule has 9 N–H and O–H groups in total. The van der Waals surface area contributed by atoms with Crippen molar-refractivity contribution in [2.45, 2.75) is 26.0 Å². The number of hydrogen-bond donors (Lipinski definition) is 8. The van der Waals surface area contributed by atoms with Crippen LogP contribution in [0.2, 0.25) is 0 Å². The van der Waals surface area contributed by atoms with Gasteiger partial charge in [-0.3, -0.25) is 0 Å². The lowest BCUT2D eigenvalue weighted by Crippen LogP contribution is -2.17. The van der Waals surface area contributed by atoms with Gasteiger partial charge in [0.2, 0.25) is 0 Å². The molecule has 0 heterocycles. The van der Waals surface area contributed by atoms with Gasteiger partial charge in [0.15, 0.2) is 0 Å². The number of nitrogens with two attached hydrogens (primary N) is 1. The van der Waals surface area contributed by atoms with Crippen molar-refractivity contribution in [2.75, 3.05) is 0 Å². The van der Waals surface area contributed by atoms with Crippen LogP contribution in [0.1, 0.15) is 19.8 Å². The van der Waals surface area contributed by atoms with Gasteiger partial charge in [-0.05, 0) is 6.42 Å². The van der Waals surface area contributed by atoms with E-state index in [1.165, 1.54) is 0 Å². The molecule has 0 aliphatic rings. The molecule has 0 rings (SSSR count). The van der Waals surface area contributed by atoms with Crippen LogP contribution in [-0.4, -0.2) is 40.7 Å². The third-order valence-electron chi connectivity index (χ3n) is 0.584. The summed E-state index contributed by atoms with van der Waals surface area (Å²) >= 11 is 0. The van der Waals surface area contributed by atoms with Gasteiger partial charge in [-0.25, -0.2) is 9.13 Å². The predicted octanol–water partition coefficient (Wildman–Crippen LogP) is -1.79. The van der Waals surface area contributed by atoms with Crippen LogP contribution >= 0.6 is 15.6 Å². The van der Waals surface area contributed by atoms with E-state index in [-0.39, 0.29) is 0 Å². The molecule has 0 aromatic heterocycles. The minimum absolute atomic E-state index is 0.602. The molecule has 0 aromatic carbocycles. The Labute approximate surface area is 91.8 Å². The normalized spacial score (nSPS) is 12.8. The van der Waals surface area contributed by atoms with E-state index in [0.717, 1.165) is 6.42 Å². The fourth-order valence-corrected chi connectivity index (χ4v) is 0.296. The molecule has 0 amide bonds. The highest BCUT2D eigenvalue weighted by molar-refractivity contribution is 7.45. The van der Waals surface area contributed by atoms with E-state index in [2.05, 4.69) is 0 Å². The number of aliphatic hydroxyl groups excluding tert-OH is 1. The predicted molar refractivity (Wildman–Crippen MR) is 53.6 cm³/mol. The molecular weight excluding hydrogens is 268 g/mol. The van der Waals surface area contributed by atoms with E-state index in [4.69, 9.17) is 49.3 Å². The van der Waals surface area contributed by atoms with Crippen molar-refractivity contribution in [3.8, 4) is 0 Å². The molecule has 0 radical (unpaired) electrons. The van der Waals surface area contributed by atoms with Crippen LogP contribution < -0.4 is 5.73 Å². The van der Waals surface area contributed by atoms with Gasteiger partial charge in [0.25, 0.3) is 0 Å². The molecule has 0 saturated carbocycles. The van der Waals surface area contributed by atoms with Gasteiger partial charge >= 0.3 is 15.6 Å². The van der Waals surface area contributed by atoms with Crippen molar-refractivity contribution in [2.24, 2.45) is 5.73 Å². The Morgan fingerprint density at radius 3 is 1.19 bits per heavy atom. The van der Waals surface area contributed by atoms with Gasteiger partial charge in [0.05, 0.1) is 0 Å². The van der Waals surface area contributed by atoms with E-state index in [9.17, 15) is 0 Å². The maximum Gasteiger partial charge on any atom is 0.466 e. The zero-order chi connectivity index (χ0) is 14.0. The van der Waals surface area contributed by atoms with E-state index in [1.54, 1.807) is 0 Å². The summed E-state index contributed by atoms with van der Waals surface area (Å²) < 4.78 is 17.8. The second-order valence-corrected chi connectivity index (χ2v) is 4.44. The Kier molecular flexibility index (Phi) is 13.8. The Morgan fingerprint density at radius 1 is 1.00 bits per heavy atom. The molecule has 1 unspecified atom stereocenters. The number of aliphatic hydroxyl groups is 1. The lowest BCUT2D eigenvalue weighted by atomic mass is 10.3. The van der Waals surface area contributed by atoms with Gasteiger partial charge in [0, 0.05) is 0 Å². The van der Waals surface area contributed by atoms with Gasteiger partial charge in [-0.1, -0.05) is 13.3 Å². The molecule has 10 nitrogen and oxygen atoms in total. The average molecular weight is 285 g/mol. The summed E-state index contributed by atoms with van der Waals surface area (Å²) in [5.41, 5.74) is 4.96. The molecule has 16 heavy (non-hydrogen) atoms. The molecule has 0 aromatic rings. The zero-order valence-corrected chi connectivity index (χ0v) is 10.2. The van der Waals surface area contributed by atoms with Crippen LogP contribution in [-0.2, 0) is 9.13 Å². The van der Waals surface area contributed by atoms with E-state index < -0.39 is 21.9 Å². The topological polar surface area (TPSA) is 202 Å². The Morgan fingerprint density at radius 2 is 1.19 bits per heavy atom. The summed E-state index contributed by atoms with van der Waals surface area (Å²) in [5.74, 6) is 0. The lowest BCUT2D eigenvalue weighted by molar-refractivity contribution is 0.171. The Hall–Kier alpha value is 0.140. The quantitative estimate of drug-likeness (QED) is 0.211. The molecule has 0 aliphatic heterocycles. The molecule has 102 valence electrons. The van der Waals surface area contributed by atoms with Crippen molar-refractivity contribution >= 4 is 15.6 Å². The summed E-state index contributed by atoms with van der Waals surface area (Å²) in [4.78, 5) is 43.1. The van der Waals surface area contributed by atoms with Crippen LogP contribution in [0.25, 0.3) is 0 Å². The second kappa shape index (κ2) is 10.3. The SMILES string of the molecule is CCCC(N)O.O=P(O)(O)O.O=P(O)(O)O. The molecular formula is C4H17NO9P2. The summed E-state index contributed by atoms with van der Waals surface area (Å²) in [6.07, 6.45) is 1.06. The maximum absolute atomic E-state index is 8.88. The highest BCUT2D eigenvalue weighted by Crippen LogP contribution is 2.26. The first kappa shape index (κ1) is 21.4. The smallest absolute Gasteiger partial charge is 0.379 e. The summed E-state index contributed by atoms with van der Waals surface area (Å²) in [5, 5.41) is 8.33. The van der Waals surface area contributed by atoms with Gasteiger partial charge in [-0.15, -0.1) is 0 Å². The summed E-state index contributed by atoms with van der Waals surface area (Å²) in [6, 6.07) is 0. The fraction of sp³-hybridized carbons (Fsp3) is 1.00. The largest absolute Gasteiger partial charge is 0.466 e. The first-order valence-corrected chi connectivity index (χ1v) is 6.90. The molecule has 12 heteroatoms. The van der Waals surface area contributed by atoms with Crippen LogP contribution in [0.5, 0.6) is 0 Å². The first-order valence-electron chi connectivity index (χ1n) is 3.77. The highest BCUT2D eigenvalue weighted by atomic mass is 31.2. The Bertz CT molecular complexity index is 195. The highest BCUT2D eigenvalue weighted by Gasteiger charge is 2.00. The summed E-state index contributed by atoms with van der Waals surface area (Å²) in [7, 11) is -9.28. The third-order valence-corrected chi connectivity index (χ3v) is 0.584. The molecule has 0 fully saturated rings. The second-order valence-electron chi connectivity index (χ2n) is 2.38. The minimum Gasteiger partial charge on any atom is -0.379 e. The number of phosphoric acid groups is 2. The van der Waals surface area contributed by atoms with Crippen LogP contribution in [0.15, 0.2) is 0 Å². The zero-order valence-electron chi connectivity index (χ0n) is 8.41. The van der Waals surface area contributed by atoms with Crippen LogP contribution in [0.4, 0.5) is 0 Å². The maximum atomic E-state index is 8.88. The van der Waals surface area contributed by atoms with E-state index in [1.807, 2.05) is 6.92 Å². The molecule has 0 bridgehead atoms. The van der Waals surface area contributed by atoms with Gasteiger partial charge in [0.1, 0.15) is 6.23 Å². The van der Waals surface area contributed by atoms with Crippen molar-refractivity contribution in [1.82, 2.24) is 0 Å². The minimum atomic E-state index is -4.64. The molecule has 1 atom stereocenters. The van der Waals surface area contributed by atoms with Crippen molar-refractivity contribution in [3.05, 3.63) is 0 Å². The lowest BCUT2D eigenvalue weighted by Gasteiger charge is -1.96. The van der Waals surface area contributed by atoms with Gasteiger partial charge < -0.3 is 40.2 Å². The van der Waals surface area contributed by atoms with Crippen molar-refractivity contribution < 1.29 is 43.6 Å². The monoisotopic (exact) mass is 285 g/mol. The van der Waals surface area contributed by atoms with Crippen LogP contribution in [0.3, 0.4) is 0 Å². The molecule has 0 saturated heterocycles. The standard InChI is InChI=1S/C4H11NO.2H3O4P/c1-2-3-4(5)6;2*1-5(2,3)4/h4,6H,2-3,5H2,1H3;2*(H3,1,2,3,4). The number of rotatable bonds is 2. The molecule has 0 aliphatic carbocycles. The van der Waals surface area contributed by atoms with Crippen LogP contribution in [0, 0.1) is 0 Å². The van der Waals surface area contributed by atoms with Crippen molar-refractivity contribution in [3.63, 3.8) is 0 Å². The number of hydrogen-bond acceptors (Lipinski definition) is 4. The average Bonchev–Trinajstić information content (AvgIpc) is 1.76. The van der Waals surface area contributed by atoms with E-state index in [0.29, 0.717) is 6.42 Å². The van der Waals surface area contributed by atoms with Crippen molar-refractivity contribution in [1.29, 1.82) is 0 Å². The third kappa shape index (κ3) is 248. The summed E-state index contributed by atoms with van der Waals surface area (Å²) in [6.45, 7) is 1.98. The molecule has 0 spiro atoms.